The summed E-state index contributed by atoms with van der Waals surface area (Å²) in [5, 5.41) is 1.91. The van der Waals surface area contributed by atoms with Crippen LogP contribution in [0.2, 0.25) is 0 Å². The summed E-state index contributed by atoms with van der Waals surface area (Å²) in [5.74, 6) is 0.581. The molecule has 0 unspecified atom stereocenters. The van der Waals surface area contributed by atoms with Gasteiger partial charge >= 0.3 is 5.69 Å². The number of H-pyrrole nitrogens is 3. The van der Waals surface area contributed by atoms with Gasteiger partial charge in [-0.2, -0.15) is 0 Å². The first-order valence-corrected chi connectivity index (χ1v) is 5.38. The summed E-state index contributed by atoms with van der Waals surface area (Å²) in [6.45, 7) is 0. The smallest absolute Gasteiger partial charge is 0.327 e. The van der Waals surface area contributed by atoms with Gasteiger partial charge in [-0.15, -0.1) is 11.3 Å². The monoisotopic (exact) mass is 234 g/mol. The molecule has 3 rings (SSSR count). The Morgan fingerprint density at radius 2 is 2.06 bits per heavy atom. The fraction of sp³-hybridized carbons (Fsp3) is 0. The third-order valence-electron chi connectivity index (χ3n) is 2.14. The molecule has 3 heterocycles. The van der Waals surface area contributed by atoms with Crippen molar-refractivity contribution in [2.75, 3.05) is 0 Å². The first-order chi connectivity index (χ1) is 7.74. The minimum Gasteiger partial charge on any atom is -0.331 e. The molecule has 80 valence electrons. The van der Waals surface area contributed by atoms with Gasteiger partial charge in [-0.25, -0.2) is 9.78 Å². The van der Waals surface area contributed by atoms with Crippen LogP contribution in [0.15, 0.2) is 27.1 Å². The highest BCUT2D eigenvalue weighted by atomic mass is 32.1. The Kier molecular flexibility index (Phi) is 1.80. The van der Waals surface area contributed by atoms with E-state index in [9.17, 15) is 9.59 Å². The number of nitrogens with one attached hydrogen (secondary N) is 3. The highest BCUT2D eigenvalue weighted by molar-refractivity contribution is 7.13. The van der Waals surface area contributed by atoms with Crippen LogP contribution in [0.1, 0.15) is 0 Å². The number of aromatic nitrogens is 4. The molecule has 7 heteroatoms. The second kappa shape index (κ2) is 3.17. The van der Waals surface area contributed by atoms with Gasteiger partial charge in [-0.1, -0.05) is 6.07 Å². The van der Waals surface area contributed by atoms with E-state index in [0.717, 1.165) is 4.88 Å². The average molecular weight is 234 g/mol. The van der Waals surface area contributed by atoms with Crippen LogP contribution in [-0.2, 0) is 0 Å². The molecule has 0 atom stereocenters. The van der Waals surface area contributed by atoms with E-state index in [1.165, 1.54) is 11.3 Å². The third kappa shape index (κ3) is 1.29. The molecule has 0 aliphatic heterocycles. The molecule has 16 heavy (non-hydrogen) atoms. The fourth-order valence-corrected chi connectivity index (χ4v) is 2.13. The van der Waals surface area contributed by atoms with Crippen LogP contribution < -0.4 is 11.2 Å². The summed E-state index contributed by atoms with van der Waals surface area (Å²) in [6.07, 6.45) is 0. The van der Waals surface area contributed by atoms with Gasteiger partial charge in [0, 0.05) is 0 Å². The highest BCUT2D eigenvalue weighted by Crippen LogP contribution is 2.22. The van der Waals surface area contributed by atoms with Crippen molar-refractivity contribution in [3.05, 3.63) is 38.4 Å². The molecule has 0 saturated carbocycles. The summed E-state index contributed by atoms with van der Waals surface area (Å²) >= 11 is 1.50. The van der Waals surface area contributed by atoms with Crippen LogP contribution in [0.3, 0.4) is 0 Å². The van der Waals surface area contributed by atoms with E-state index >= 15 is 0 Å². The zero-order valence-electron chi connectivity index (χ0n) is 7.90. The maximum atomic E-state index is 11.4. The minimum atomic E-state index is -0.554. The number of imidazole rings is 1. The molecule has 6 nitrogen and oxygen atoms in total. The standard InChI is InChI=1S/C9H6N4O2S/c14-8-5-7(12-9(15)13-8)11-6(10-5)4-2-1-3-16-4/h1-3H,(H3,10,11,12,13,14,15). The first kappa shape index (κ1) is 9.10. The molecule has 0 fully saturated rings. The summed E-state index contributed by atoms with van der Waals surface area (Å²) in [5.41, 5.74) is -0.462. The van der Waals surface area contributed by atoms with Crippen molar-refractivity contribution in [2.45, 2.75) is 0 Å². The number of hydrogen-bond donors (Lipinski definition) is 3. The van der Waals surface area contributed by atoms with E-state index in [-0.39, 0.29) is 11.2 Å². The summed E-state index contributed by atoms with van der Waals surface area (Å²) in [4.78, 5) is 35.0. The Hall–Kier alpha value is -2.15. The molecule has 0 saturated heterocycles. The van der Waals surface area contributed by atoms with Gasteiger partial charge in [0.1, 0.15) is 5.52 Å². The van der Waals surface area contributed by atoms with Crippen LogP contribution in [0.4, 0.5) is 0 Å². The Bertz CT molecular complexity index is 750. The second-order valence-corrected chi connectivity index (χ2v) is 4.14. The maximum Gasteiger partial charge on any atom is 0.327 e. The summed E-state index contributed by atoms with van der Waals surface area (Å²) in [6, 6.07) is 3.77. The van der Waals surface area contributed by atoms with Gasteiger partial charge in [0.15, 0.2) is 11.5 Å². The molecule has 0 bridgehead atoms. The first-order valence-electron chi connectivity index (χ1n) is 4.50. The quantitative estimate of drug-likeness (QED) is 0.577. The lowest BCUT2D eigenvalue weighted by molar-refractivity contribution is 1.07. The van der Waals surface area contributed by atoms with E-state index in [0.29, 0.717) is 5.82 Å². The molecule has 0 aromatic carbocycles. The van der Waals surface area contributed by atoms with Crippen LogP contribution >= 0.6 is 11.3 Å². The molecule has 0 spiro atoms. The predicted molar refractivity (Wildman–Crippen MR) is 60.6 cm³/mol. The maximum absolute atomic E-state index is 11.4. The van der Waals surface area contributed by atoms with Gasteiger partial charge in [0.05, 0.1) is 4.88 Å². The number of aromatic amines is 3. The molecule has 0 radical (unpaired) electrons. The van der Waals surface area contributed by atoms with Gasteiger partial charge in [0.2, 0.25) is 0 Å². The van der Waals surface area contributed by atoms with Crippen LogP contribution in [0, 0.1) is 0 Å². The van der Waals surface area contributed by atoms with E-state index in [2.05, 4.69) is 19.9 Å². The molecular formula is C9H6N4O2S. The van der Waals surface area contributed by atoms with Gasteiger partial charge < -0.3 is 4.98 Å². The van der Waals surface area contributed by atoms with E-state index < -0.39 is 11.2 Å². The Morgan fingerprint density at radius 3 is 2.81 bits per heavy atom. The van der Waals surface area contributed by atoms with Crippen LogP contribution in [0.5, 0.6) is 0 Å². The Balaban J connectivity index is 2.36. The number of fused-ring (bicyclic) bond motifs is 1. The van der Waals surface area contributed by atoms with Crippen molar-refractivity contribution in [1.82, 2.24) is 19.9 Å². The molecular weight excluding hydrogens is 228 g/mol. The van der Waals surface area contributed by atoms with Crippen LogP contribution in [-0.4, -0.2) is 19.9 Å². The normalized spacial score (nSPS) is 11.0. The number of thiophene rings is 1. The Morgan fingerprint density at radius 1 is 1.19 bits per heavy atom. The number of rotatable bonds is 1. The zero-order valence-corrected chi connectivity index (χ0v) is 8.72. The van der Waals surface area contributed by atoms with Crippen molar-refractivity contribution in [3.63, 3.8) is 0 Å². The van der Waals surface area contributed by atoms with E-state index in [1.54, 1.807) is 0 Å². The average Bonchev–Trinajstić information content (AvgIpc) is 2.82. The topological polar surface area (TPSA) is 94.4 Å². The van der Waals surface area contributed by atoms with Crippen molar-refractivity contribution in [1.29, 1.82) is 0 Å². The van der Waals surface area contributed by atoms with Crippen LogP contribution in [0.25, 0.3) is 21.9 Å². The van der Waals surface area contributed by atoms with E-state index in [4.69, 9.17) is 0 Å². The molecule has 3 aromatic heterocycles. The predicted octanol–water partition coefficient (Wildman–Crippen LogP) is 0.668. The van der Waals surface area contributed by atoms with Crippen molar-refractivity contribution in [2.24, 2.45) is 0 Å². The minimum absolute atomic E-state index is 0.275. The van der Waals surface area contributed by atoms with Crippen molar-refractivity contribution in [3.8, 4) is 10.7 Å². The lowest BCUT2D eigenvalue weighted by atomic mass is 10.4. The molecule has 3 aromatic rings. The van der Waals surface area contributed by atoms with Gasteiger partial charge in [0.25, 0.3) is 5.56 Å². The molecule has 3 N–H and O–H groups in total. The number of nitrogens with zero attached hydrogens (tertiary/aromatic N) is 1. The lowest BCUT2D eigenvalue weighted by Gasteiger charge is -1.85. The second-order valence-electron chi connectivity index (χ2n) is 3.19. The molecule has 0 amide bonds. The molecule has 0 aliphatic carbocycles. The highest BCUT2D eigenvalue weighted by Gasteiger charge is 2.09. The van der Waals surface area contributed by atoms with Gasteiger partial charge in [-0.05, 0) is 11.4 Å². The Labute approximate surface area is 92.0 Å². The fourth-order valence-electron chi connectivity index (χ4n) is 1.46. The molecule has 0 aliphatic rings. The van der Waals surface area contributed by atoms with Crippen molar-refractivity contribution >= 4 is 22.5 Å². The largest absolute Gasteiger partial charge is 0.331 e. The summed E-state index contributed by atoms with van der Waals surface area (Å²) < 4.78 is 0. The van der Waals surface area contributed by atoms with Crippen molar-refractivity contribution < 1.29 is 0 Å². The lowest BCUT2D eigenvalue weighted by Crippen LogP contribution is -2.21. The third-order valence-corrected chi connectivity index (χ3v) is 3.02. The zero-order chi connectivity index (χ0) is 11.1. The van der Waals surface area contributed by atoms with E-state index in [1.807, 2.05) is 17.5 Å². The number of hydrogen-bond acceptors (Lipinski definition) is 4. The van der Waals surface area contributed by atoms with Gasteiger partial charge in [-0.3, -0.25) is 14.8 Å². The summed E-state index contributed by atoms with van der Waals surface area (Å²) in [7, 11) is 0. The SMILES string of the molecule is O=c1[nH]c(=O)c2[nH]c(-c3cccs3)nc2[nH]1.